The summed E-state index contributed by atoms with van der Waals surface area (Å²) >= 11 is 0. The molecule has 3 nitrogen and oxygen atoms in total. The van der Waals surface area contributed by atoms with Gasteiger partial charge >= 0.3 is 0 Å². The Labute approximate surface area is 136 Å². The average Bonchev–Trinajstić information content (AvgIpc) is 2.44. The van der Waals surface area contributed by atoms with Crippen molar-refractivity contribution in [3.63, 3.8) is 0 Å². The van der Waals surface area contributed by atoms with Crippen LogP contribution in [0.25, 0.3) is 0 Å². The first-order chi connectivity index (χ1) is 10.2. The van der Waals surface area contributed by atoms with Gasteiger partial charge in [-0.25, -0.2) is 0 Å². The maximum atomic E-state index is 6.17. The van der Waals surface area contributed by atoms with E-state index in [1.807, 2.05) is 18.2 Å². The highest BCUT2D eigenvalue weighted by Crippen LogP contribution is 2.22. The van der Waals surface area contributed by atoms with Crippen molar-refractivity contribution in [3.05, 3.63) is 30.3 Å². The van der Waals surface area contributed by atoms with Crippen LogP contribution in [0, 0.1) is 5.92 Å². The lowest BCUT2D eigenvalue weighted by atomic mass is 10.1. The zero-order chi connectivity index (χ0) is 16.8. The molecule has 0 heterocycles. The summed E-state index contributed by atoms with van der Waals surface area (Å²) in [6.07, 6.45) is 1.06. The normalized spacial score (nSPS) is 13.0. The summed E-state index contributed by atoms with van der Waals surface area (Å²) < 4.78 is 6.17. The smallest absolute Gasteiger partial charge is 0.136 e. The average molecular weight is 304 g/mol. The molecular formula is C19H32N2O. The van der Waals surface area contributed by atoms with Crippen LogP contribution in [0.5, 0.6) is 0 Å². The van der Waals surface area contributed by atoms with E-state index in [1.54, 1.807) is 0 Å². The Morgan fingerprint density at radius 2 is 1.73 bits per heavy atom. The number of benzene rings is 1. The zero-order valence-electron chi connectivity index (χ0n) is 15.3. The summed E-state index contributed by atoms with van der Waals surface area (Å²) in [5.41, 5.74) is 0.714. The molecule has 0 aromatic heterocycles. The van der Waals surface area contributed by atoms with E-state index in [4.69, 9.17) is 9.73 Å². The molecule has 3 heteroatoms. The quantitative estimate of drug-likeness (QED) is 0.535. The number of likely N-dealkylation sites (N-methyl/N-ethyl adjacent to an activating group) is 1. The highest BCUT2D eigenvalue weighted by atomic mass is 16.5. The van der Waals surface area contributed by atoms with Crippen molar-refractivity contribution in [2.24, 2.45) is 10.9 Å². The van der Waals surface area contributed by atoms with E-state index in [9.17, 15) is 0 Å². The second kappa shape index (κ2) is 8.33. The molecule has 0 spiro atoms. The van der Waals surface area contributed by atoms with Crippen LogP contribution in [0.15, 0.2) is 35.3 Å². The van der Waals surface area contributed by atoms with Crippen LogP contribution < -0.4 is 4.90 Å². The van der Waals surface area contributed by atoms with Gasteiger partial charge in [0.25, 0.3) is 0 Å². The van der Waals surface area contributed by atoms with Crippen molar-refractivity contribution in [1.29, 1.82) is 0 Å². The number of aliphatic imine (C=N–C) groups is 1. The number of para-hydroxylation sites is 1. The standard InChI is InChI=1S/C19H32N2O/c1-15(2)13-14-22-19(5,6)18(20-16(3)4)21(7)17-11-9-8-10-12-17/h8-12,15-16H,13-14H2,1-7H3/b20-18-. The minimum absolute atomic E-state index is 0.231. The topological polar surface area (TPSA) is 24.8 Å². The molecule has 0 fully saturated rings. The van der Waals surface area contributed by atoms with Crippen molar-refractivity contribution in [1.82, 2.24) is 0 Å². The monoisotopic (exact) mass is 304 g/mol. The summed E-state index contributed by atoms with van der Waals surface area (Å²) in [5, 5.41) is 0. The van der Waals surface area contributed by atoms with Gasteiger partial charge in [0.2, 0.25) is 0 Å². The Hall–Kier alpha value is -1.35. The van der Waals surface area contributed by atoms with Gasteiger partial charge in [0.1, 0.15) is 11.4 Å². The Kier molecular flexibility index (Phi) is 7.08. The second-order valence-electron chi connectivity index (χ2n) is 6.98. The summed E-state index contributed by atoms with van der Waals surface area (Å²) in [5.74, 6) is 1.62. The molecule has 124 valence electrons. The Morgan fingerprint density at radius 3 is 2.23 bits per heavy atom. The molecule has 1 aromatic carbocycles. The third-order valence-electron chi connectivity index (χ3n) is 3.54. The largest absolute Gasteiger partial charge is 0.368 e. The lowest BCUT2D eigenvalue weighted by Gasteiger charge is -2.34. The van der Waals surface area contributed by atoms with E-state index in [-0.39, 0.29) is 6.04 Å². The highest BCUT2D eigenvalue weighted by molar-refractivity contribution is 6.03. The Morgan fingerprint density at radius 1 is 1.14 bits per heavy atom. The van der Waals surface area contributed by atoms with Crippen LogP contribution in [-0.2, 0) is 4.74 Å². The van der Waals surface area contributed by atoms with E-state index < -0.39 is 5.60 Å². The first-order valence-corrected chi connectivity index (χ1v) is 8.25. The van der Waals surface area contributed by atoms with Gasteiger partial charge in [0.05, 0.1) is 0 Å². The molecule has 0 radical (unpaired) electrons. The molecule has 0 amide bonds. The number of ether oxygens (including phenoxy) is 1. The summed E-state index contributed by atoms with van der Waals surface area (Å²) in [6.45, 7) is 13.6. The third-order valence-corrected chi connectivity index (χ3v) is 3.54. The van der Waals surface area contributed by atoms with Crippen molar-refractivity contribution >= 4 is 11.5 Å². The minimum Gasteiger partial charge on any atom is -0.368 e. The summed E-state index contributed by atoms with van der Waals surface area (Å²) in [6, 6.07) is 10.5. The van der Waals surface area contributed by atoms with E-state index in [1.165, 1.54) is 0 Å². The minimum atomic E-state index is -0.413. The van der Waals surface area contributed by atoms with Gasteiger partial charge in [-0.3, -0.25) is 4.99 Å². The molecule has 0 N–H and O–H groups in total. The number of rotatable bonds is 7. The van der Waals surface area contributed by atoms with E-state index >= 15 is 0 Å². The van der Waals surface area contributed by atoms with Gasteiger partial charge in [0.15, 0.2) is 0 Å². The number of nitrogens with zero attached hydrogens (tertiary/aromatic N) is 2. The molecule has 0 saturated carbocycles. The number of anilines is 1. The SMILES string of the molecule is CC(C)CCOC(C)(C)/C(=N/C(C)C)N(C)c1ccccc1. The molecule has 0 aliphatic rings. The summed E-state index contributed by atoms with van der Waals surface area (Å²) in [7, 11) is 2.06. The van der Waals surface area contributed by atoms with Crippen LogP contribution in [0.4, 0.5) is 5.69 Å². The van der Waals surface area contributed by atoms with Crippen LogP contribution in [0.3, 0.4) is 0 Å². The van der Waals surface area contributed by atoms with Crippen LogP contribution >= 0.6 is 0 Å². The van der Waals surface area contributed by atoms with Crippen molar-refractivity contribution in [2.75, 3.05) is 18.6 Å². The van der Waals surface area contributed by atoms with Gasteiger partial charge in [-0.15, -0.1) is 0 Å². The molecule has 0 atom stereocenters. The number of amidine groups is 1. The predicted octanol–water partition coefficient (Wildman–Crippen LogP) is 4.77. The molecule has 22 heavy (non-hydrogen) atoms. The summed E-state index contributed by atoms with van der Waals surface area (Å²) in [4.78, 5) is 6.97. The Bertz CT molecular complexity index is 464. The second-order valence-corrected chi connectivity index (χ2v) is 6.98. The van der Waals surface area contributed by atoms with E-state index in [0.717, 1.165) is 24.6 Å². The molecule has 0 aliphatic heterocycles. The predicted molar refractivity (Wildman–Crippen MR) is 96.9 cm³/mol. The van der Waals surface area contributed by atoms with Crippen LogP contribution in [0.1, 0.15) is 48.0 Å². The maximum absolute atomic E-state index is 6.17. The fourth-order valence-corrected chi connectivity index (χ4v) is 2.28. The van der Waals surface area contributed by atoms with Gasteiger partial charge in [-0.1, -0.05) is 32.0 Å². The fourth-order valence-electron chi connectivity index (χ4n) is 2.28. The first kappa shape index (κ1) is 18.7. The first-order valence-electron chi connectivity index (χ1n) is 8.25. The van der Waals surface area contributed by atoms with Gasteiger partial charge in [-0.05, 0) is 52.2 Å². The molecule has 0 saturated heterocycles. The Balaban J connectivity index is 2.97. The van der Waals surface area contributed by atoms with Crippen molar-refractivity contribution < 1.29 is 4.74 Å². The molecular weight excluding hydrogens is 272 g/mol. The van der Waals surface area contributed by atoms with Gasteiger partial charge in [0, 0.05) is 25.4 Å². The van der Waals surface area contributed by atoms with E-state index in [0.29, 0.717) is 5.92 Å². The third kappa shape index (κ3) is 5.80. The molecule has 0 bridgehead atoms. The van der Waals surface area contributed by atoms with Gasteiger partial charge < -0.3 is 9.64 Å². The lowest BCUT2D eigenvalue weighted by molar-refractivity contribution is 0.0272. The highest BCUT2D eigenvalue weighted by Gasteiger charge is 2.30. The number of hydrogen-bond acceptors (Lipinski definition) is 2. The van der Waals surface area contributed by atoms with Gasteiger partial charge in [-0.2, -0.15) is 0 Å². The lowest BCUT2D eigenvalue weighted by Crippen LogP contribution is -2.46. The maximum Gasteiger partial charge on any atom is 0.136 e. The van der Waals surface area contributed by atoms with Crippen molar-refractivity contribution in [3.8, 4) is 0 Å². The van der Waals surface area contributed by atoms with Crippen LogP contribution in [0.2, 0.25) is 0 Å². The molecule has 1 aromatic rings. The van der Waals surface area contributed by atoms with Crippen LogP contribution in [-0.4, -0.2) is 31.1 Å². The molecule has 0 aliphatic carbocycles. The molecule has 1 rings (SSSR count). The molecule has 0 unspecified atom stereocenters. The number of hydrogen-bond donors (Lipinski definition) is 0. The van der Waals surface area contributed by atoms with E-state index in [2.05, 4.69) is 65.6 Å². The fraction of sp³-hybridized carbons (Fsp3) is 0.632. The van der Waals surface area contributed by atoms with Crippen molar-refractivity contribution in [2.45, 2.75) is 59.6 Å². The zero-order valence-corrected chi connectivity index (χ0v) is 15.3.